The lowest BCUT2D eigenvalue weighted by Gasteiger charge is -2.36. The van der Waals surface area contributed by atoms with Gasteiger partial charge in [0, 0.05) is 19.6 Å². The maximum absolute atomic E-state index is 6.08. The number of hydrogen-bond acceptors (Lipinski definition) is 4. The molecule has 0 aromatic heterocycles. The SMILES string of the molecule is CCOc1cccc(CC(C)(CN)CN2CCOCC2)c1. The van der Waals surface area contributed by atoms with Crippen LogP contribution in [0.3, 0.4) is 0 Å². The molecule has 1 aromatic carbocycles. The van der Waals surface area contributed by atoms with Crippen molar-refractivity contribution >= 4 is 0 Å². The van der Waals surface area contributed by atoms with E-state index in [9.17, 15) is 0 Å². The van der Waals surface area contributed by atoms with Gasteiger partial charge in [0.2, 0.25) is 0 Å². The molecule has 0 saturated carbocycles. The molecule has 2 rings (SSSR count). The monoisotopic (exact) mass is 292 g/mol. The lowest BCUT2D eigenvalue weighted by molar-refractivity contribution is 0.0198. The number of rotatable bonds is 7. The van der Waals surface area contributed by atoms with Crippen LogP contribution in [0.5, 0.6) is 5.75 Å². The third kappa shape index (κ3) is 4.99. The molecule has 1 saturated heterocycles. The molecule has 1 aliphatic heterocycles. The van der Waals surface area contributed by atoms with E-state index in [0.717, 1.165) is 45.0 Å². The van der Waals surface area contributed by atoms with Gasteiger partial charge in [0.25, 0.3) is 0 Å². The molecule has 0 spiro atoms. The topological polar surface area (TPSA) is 47.7 Å². The Morgan fingerprint density at radius 3 is 2.76 bits per heavy atom. The minimum atomic E-state index is 0.0855. The summed E-state index contributed by atoms with van der Waals surface area (Å²) < 4.78 is 11.0. The van der Waals surface area contributed by atoms with Gasteiger partial charge in [0.15, 0.2) is 0 Å². The summed E-state index contributed by atoms with van der Waals surface area (Å²) in [5.74, 6) is 0.945. The van der Waals surface area contributed by atoms with E-state index < -0.39 is 0 Å². The smallest absolute Gasteiger partial charge is 0.119 e. The molecule has 2 N–H and O–H groups in total. The number of nitrogens with zero attached hydrogens (tertiary/aromatic N) is 1. The Kier molecular flexibility index (Phi) is 6.03. The van der Waals surface area contributed by atoms with E-state index in [-0.39, 0.29) is 5.41 Å². The number of ether oxygens (including phenoxy) is 2. The quantitative estimate of drug-likeness (QED) is 0.834. The van der Waals surface area contributed by atoms with Crippen molar-refractivity contribution in [1.29, 1.82) is 0 Å². The van der Waals surface area contributed by atoms with Crippen molar-refractivity contribution in [2.75, 3.05) is 46.0 Å². The van der Waals surface area contributed by atoms with Crippen LogP contribution in [0.15, 0.2) is 24.3 Å². The molecule has 0 radical (unpaired) electrons. The summed E-state index contributed by atoms with van der Waals surface area (Å²) in [6, 6.07) is 8.37. The third-order valence-corrected chi connectivity index (χ3v) is 4.04. The molecule has 1 atom stereocenters. The fraction of sp³-hybridized carbons (Fsp3) is 0.647. The van der Waals surface area contributed by atoms with Crippen molar-refractivity contribution in [3.63, 3.8) is 0 Å². The van der Waals surface area contributed by atoms with E-state index in [0.29, 0.717) is 13.2 Å². The van der Waals surface area contributed by atoms with Crippen LogP contribution < -0.4 is 10.5 Å². The lowest BCUT2D eigenvalue weighted by atomic mass is 9.83. The highest BCUT2D eigenvalue weighted by Crippen LogP contribution is 2.25. The van der Waals surface area contributed by atoms with Crippen LogP contribution in [0.2, 0.25) is 0 Å². The fourth-order valence-electron chi connectivity index (χ4n) is 2.90. The van der Waals surface area contributed by atoms with Gasteiger partial charge in [0.1, 0.15) is 5.75 Å². The summed E-state index contributed by atoms with van der Waals surface area (Å²) in [5, 5.41) is 0. The Morgan fingerprint density at radius 1 is 1.33 bits per heavy atom. The van der Waals surface area contributed by atoms with E-state index in [1.807, 2.05) is 13.0 Å². The largest absolute Gasteiger partial charge is 0.494 e. The predicted octanol–water partition coefficient (Wildman–Crippen LogP) is 1.93. The van der Waals surface area contributed by atoms with Gasteiger partial charge < -0.3 is 15.2 Å². The zero-order chi connectivity index (χ0) is 15.1. The van der Waals surface area contributed by atoms with Gasteiger partial charge in [-0.1, -0.05) is 19.1 Å². The van der Waals surface area contributed by atoms with Crippen molar-refractivity contribution in [2.45, 2.75) is 20.3 Å². The van der Waals surface area contributed by atoms with E-state index in [1.165, 1.54) is 5.56 Å². The summed E-state index contributed by atoms with van der Waals surface area (Å²) in [6.07, 6.45) is 0.974. The molecule has 21 heavy (non-hydrogen) atoms. The standard InChI is InChI=1S/C17H28N2O2/c1-3-21-16-6-4-5-15(11-16)12-17(2,13-18)14-19-7-9-20-10-8-19/h4-6,11H,3,7-10,12-14,18H2,1-2H3. The Hall–Kier alpha value is -1.10. The van der Waals surface area contributed by atoms with Crippen molar-refractivity contribution in [3.8, 4) is 5.75 Å². The molecule has 0 aliphatic carbocycles. The summed E-state index contributed by atoms with van der Waals surface area (Å²) in [5.41, 5.74) is 7.46. The van der Waals surface area contributed by atoms with Crippen LogP contribution in [-0.2, 0) is 11.2 Å². The van der Waals surface area contributed by atoms with E-state index >= 15 is 0 Å². The van der Waals surface area contributed by atoms with Crippen LogP contribution in [0.1, 0.15) is 19.4 Å². The average Bonchev–Trinajstić information content (AvgIpc) is 2.49. The van der Waals surface area contributed by atoms with E-state index in [2.05, 4.69) is 30.0 Å². The first-order chi connectivity index (χ1) is 10.1. The maximum Gasteiger partial charge on any atom is 0.119 e. The first-order valence-electron chi connectivity index (χ1n) is 7.87. The van der Waals surface area contributed by atoms with E-state index in [4.69, 9.17) is 15.2 Å². The van der Waals surface area contributed by atoms with Gasteiger partial charge in [0.05, 0.1) is 19.8 Å². The van der Waals surface area contributed by atoms with Gasteiger partial charge in [-0.15, -0.1) is 0 Å². The molecule has 118 valence electrons. The highest BCUT2D eigenvalue weighted by Gasteiger charge is 2.27. The van der Waals surface area contributed by atoms with Crippen LogP contribution in [0.25, 0.3) is 0 Å². The minimum absolute atomic E-state index is 0.0855. The number of benzene rings is 1. The second-order valence-corrected chi connectivity index (χ2v) is 6.16. The Bertz CT molecular complexity index is 433. The highest BCUT2D eigenvalue weighted by atomic mass is 16.5. The second kappa shape index (κ2) is 7.78. The van der Waals surface area contributed by atoms with Gasteiger partial charge in [-0.05, 0) is 43.0 Å². The second-order valence-electron chi connectivity index (χ2n) is 6.16. The molecule has 1 unspecified atom stereocenters. The number of hydrogen-bond donors (Lipinski definition) is 1. The molecule has 4 heteroatoms. The highest BCUT2D eigenvalue weighted by molar-refractivity contribution is 5.29. The molecular formula is C17H28N2O2. The summed E-state index contributed by atoms with van der Waals surface area (Å²) >= 11 is 0. The van der Waals surface area contributed by atoms with Gasteiger partial charge in [-0.25, -0.2) is 0 Å². The van der Waals surface area contributed by atoms with Crippen LogP contribution in [0, 0.1) is 5.41 Å². The molecule has 1 fully saturated rings. The molecular weight excluding hydrogens is 264 g/mol. The Labute approximate surface area is 128 Å². The number of morpholine rings is 1. The minimum Gasteiger partial charge on any atom is -0.494 e. The molecule has 1 heterocycles. The van der Waals surface area contributed by atoms with Crippen LogP contribution in [0.4, 0.5) is 0 Å². The van der Waals surface area contributed by atoms with Crippen molar-refractivity contribution in [3.05, 3.63) is 29.8 Å². The number of nitrogens with two attached hydrogens (primary N) is 1. The van der Waals surface area contributed by atoms with Gasteiger partial charge >= 0.3 is 0 Å². The average molecular weight is 292 g/mol. The first-order valence-corrected chi connectivity index (χ1v) is 7.87. The summed E-state index contributed by atoms with van der Waals surface area (Å²) in [6.45, 7) is 10.4. The van der Waals surface area contributed by atoms with Gasteiger partial charge in [-0.3, -0.25) is 4.90 Å². The zero-order valence-electron chi connectivity index (χ0n) is 13.3. The fourth-order valence-corrected chi connectivity index (χ4v) is 2.90. The zero-order valence-corrected chi connectivity index (χ0v) is 13.3. The normalized spacial score (nSPS) is 19.2. The maximum atomic E-state index is 6.08. The van der Waals surface area contributed by atoms with Crippen molar-refractivity contribution in [2.24, 2.45) is 11.1 Å². The molecule has 0 bridgehead atoms. The van der Waals surface area contributed by atoms with Gasteiger partial charge in [-0.2, -0.15) is 0 Å². The van der Waals surface area contributed by atoms with Crippen LogP contribution >= 0.6 is 0 Å². The molecule has 0 amide bonds. The van der Waals surface area contributed by atoms with Crippen molar-refractivity contribution in [1.82, 2.24) is 4.90 Å². The molecule has 1 aliphatic rings. The van der Waals surface area contributed by atoms with Crippen LogP contribution in [-0.4, -0.2) is 50.9 Å². The lowest BCUT2D eigenvalue weighted by Crippen LogP contribution is -2.46. The van der Waals surface area contributed by atoms with E-state index in [1.54, 1.807) is 0 Å². The molecule has 1 aromatic rings. The summed E-state index contributed by atoms with van der Waals surface area (Å²) in [7, 11) is 0. The third-order valence-electron chi connectivity index (χ3n) is 4.04. The van der Waals surface area contributed by atoms with Crippen molar-refractivity contribution < 1.29 is 9.47 Å². The predicted molar refractivity (Wildman–Crippen MR) is 85.7 cm³/mol. The summed E-state index contributed by atoms with van der Waals surface area (Å²) in [4.78, 5) is 2.46. The Balaban J connectivity index is 2.00. The Morgan fingerprint density at radius 2 is 2.10 bits per heavy atom. The molecule has 4 nitrogen and oxygen atoms in total. The first kappa shape index (κ1) is 16.3.